The van der Waals surface area contributed by atoms with Gasteiger partial charge in [-0.25, -0.2) is 0 Å². The minimum absolute atomic E-state index is 0.355. The van der Waals surface area contributed by atoms with Crippen molar-refractivity contribution in [3.8, 4) is 5.75 Å². The van der Waals surface area contributed by atoms with Crippen molar-refractivity contribution in [1.29, 1.82) is 0 Å². The molecule has 1 aromatic carbocycles. The van der Waals surface area contributed by atoms with Gasteiger partial charge in [0.2, 0.25) is 0 Å². The fourth-order valence-corrected chi connectivity index (χ4v) is 4.83. The summed E-state index contributed by atoms with van der Waals surface area (Å²) in [4.78, 5) is 9.87. The van der Waals surface area contributed by atoms with Gasteiger partial charge in [0.05, 0.1) is 5.02 Å². The van der Waals surface area contributed by atoms with E-state index in [1.807, 2.05) is 6.92 Å². The first-order chi connectivity index (χ1) is 7.44. The fourth-order valence-electron chi connectivity index (χ4n) is 0.907. The van der Waals surface area contributed by atoms with Crippen LogP contribution in [0.5, 0.6) is 5.75 Å². The van der Waals surface area contributed by atoms with Crippen LogP contribution in [0.25, 0.3) is 0 Å². The highest BCUT2D eigenvalue weighted by Crippen LogP contribution is 2.56. The molecule has 90 valence electrons. The molecule has 0 aliphatic carbocycles. The summed E-state index contributed by atoms with van der Waals surface area (Å²) in [7, 11) is 0. The molecule has 0 bridgehead atoms. The molecule has 0 aliphatic rings. The van der Waals surface area contributed by atoms with E-state index in [0.29, 0.717) is 15.8 Å². The first-order valence-electron chi connectivity index (χ1n) is 4.56. The van der Waals surface area contributed by atoms with Crippen molar-refractivity contribution >= 4 is 52.1 Å². The van der Waals surface area contributed by atoms with Gasteiger partial charge in [0.1, 0.15) is 5.75 Å². The lowest BCUT2D eigenvalue weighted by atomic mass is 10.3. The first kappa shape index (κ1) is 14.6. The molecule has 0 saturated heterocycles. The summed E-state index contributed by atoms with van der Waals surface area (Å²) >= 11 is 17.9. The van der Waals surface area contributed by atoms with E-state index in [9.17, 15) is 4.89 Å². The van der Waals surface area contributed by atoms with E-state index >= 15 is 0 Å². The van der Waals surface area contributed by atoms with Crippen molar-refractivity contribution in [3.63, 3.8) is 0 Å². The largest absolute Gasteiger partial charge is 0.435 e. The Morgan fingerprint density at radius 2 is 2.19 bits per heavy atom. The fraction of sp³-hybridized carbons (Fsp3) is 0.333. The molecule has 16 heavy (non-hydrogen) atoms. The van der Waals surface area contributed by atoms with E-state index in [0.717, 1.165) is 12.2 Å². The summed E-state index contributed by atoms with van der Waals surface area (Å²) in [6.07, 6.45) is 0.932. The molecule has 0 saturated carbocycles. The van der Waals surface area contributed by atoms with Crippen LogP contribution in [-0.2, 0) is 11.8 Å². The second kappa shape index (κ2) is 6.48. The lowest BCUT2D eigenvalue weighted by molar-refractivity contribution is 0.504. The Balaban J connectivity index is 2.76. The third-order valence-corrected chi connectivity index (χ3v) is 6.36. The van der Waals surface area contributed by atoms with E-state index in [1.54, 1.807) is 18.2 Å². The molecule has 2 nitrogen and oxygen atoms in total. The van der Waals surface area contributed by atoms with E-state index in [-0.39, 0.29) is 0 Å². The molecule has 0 fully saturated rings. The summed E-state index contributed by atoms with van der Waals surface area (Å²) in [5.41, 5.74) is -2.85. The lowest BCUT2D eigenvalue weighted by Crippen LogP contribution is -1.90. The van der Waals surface area contributed by atoms with Crippen LogP contribution in [0.3, 0.4) is 0 Å². The minimum atomic E-state index is -2.85. The smallest absolute Gasteiger partial charge is 0.294 e. The van der Waals surface area contributed by atoms with Crippen LogP contribution in [0.4, 0.5) is 0 Å². The summed E-state index contributed by atoms with van der Waals surface area (Å²) in [6.45, 7) is 2.01. The van der Waals surface area contributed by atoms with E-state index in [2.05, 4.69) is 0 Å². The molecular weight excluding hydrogens is 306 g/mol. The summed E-state index contributed by atoms with van der Waals surface area (Å²) in [6, 6.07) is 4.80. The molecule has 1 unspecified atom stereocenters. The van der Waals surface area contributed by atoms with E-state index in [1.165, 1.54) is 11.4 Å². The van der Waals surface area contributed by atoms with Crippen LogP contribution in [0.2, 0.25) is 10.0 Å². The third-order valence-electron chi connectivity index (χ3n) is 1.57. The zero-order valence-corrected chi connectivity index (χ0v) is 12.6. The second-order valence-corrected chi connectivity index (χ2v) is 10.0. The standard InChI is InChI=1S/C9H11Cl2O2PS2/c1-2-5-16-14(12,15)13-9-4-3-7(10)6-8(9)11/h3-4,6H,2,5H2,1H3,(H,12,15). The highest BCUT2D eigenvalue weighted by molar-refractivity contribution is 8.67. The van der Waals surface area contributed by atoms with Crippen molar-refractivity contribution in [3.05, 3.63) is 28.2 Å². The van der Waals surface area contributed by atoms with Crippen LogP contribution in [0.15, 0.2) is 18.2 Å². The average molecular weight is 317 g/mol. The van der Waals surface area contributed by atoms with Crippen molar-refractivity contribution in [2.24, 2.45) is 0 Å². The predicted molar refractivity (Wildman–Crippen MR) is 76.3 cm³/mol. The van der Waals surface area contributed by atoms with Gasteiger partial charge in [0, 0.05) is 10.8 Å². The lowest BCUT2D eigenvalue weighted by Gasteiger charge is -2.16. The number of rotatable bonds is 5. The van der Waals surface area contributed by atoms with Crippen molar-refractivity contribution in [2.75, 3.05) is 5.75 Å². The maximum atomic E-state index is 9.87. The van der Waals surface area contributed by atoms with Gasteiger partial charge in [-0.1, -0.05) is 41.5 Å². The quantitative estimate of drug-likeness (QED) is 0.795. The molecule has 0 spiro atoms. The topological polar surface area (TPSA) is 29.5 Å². The SMILES string of the molecule is CCCSP(O)(=S)Oc1ccc(Cl)cc1Cl. The zero-order valence-electron chi connectivity index (χ0n) is 8.52. The highest BCUT2D eigenvalue weighted by atomic mass is 35.5. The molecule has 0 heterocycles. The molecule has 1 atom stereocenters. The van der Waals surface area contributed by atoms with E-state index < -0.39 is 5.69 Å². The maximum Gasteiger partial charge on any atom is 0.294 e. The molecule has 0 amide bonds. The number of halogens is 2. The molecule has 1 rings (SSSR count). The van der Waals surface area contributed by atoms with Gasteiger partial charge in [0.25, 0.3) is 5.69 Å². The predicted octanol–water partition coefficient (Wildman–Crippen LogP) is 4.73. The van der Waals surface area contributed by atoms with Gasteiger partial charge in [-0.15, -0.1) is 0 Å². The Kier molecular flexibility index (Phi) is 5.92. The monoisotopic (exact) mass is 316 g/mol. The van der Waals surface area contributed by atoms with Crippen LogP contribution < -0.4 is 4.52 Å². The van der Waals surface area contributed by atoms with Crippen LogP contribution in [0.1, 0.15) is 13.3 Å². The summed E-state index contributed by atoms with van der Waals surface area (Å²) < 4.78 is 5.34. The van der Waals surface area contributed by atoms with E-state index in [4.69, 9.17) is 39.5 Å². The van der Waals surface area contributed by atoms with Gasteiger partial charge >= 0.3 is 0 Å². The maximum absolute atomic E-state index is 9.87. The molecule has 1 N–H and O–H groups in total. The Hall–Kier alpha value is 0.560. The summed E-state index contributed by atoms with van der Waals surface area (Å²) in [5, 5.41) is 0.873. The molecule has 0 aromatic heterocycles. The Morgan fingerprint density at radius 3 is 2.75 bits per heavy atom. The molecular formula is C9H11Cl2O2PS2. The third kappa shape index (κ3) is 4.82. The average Bonchev–Trinajstić information content (AvgIpc) is 2.19. The van der Waals surface area contributed by atoms with Gasteiger partial charge in [-0.3, -0.25) is 0 Å². The number of hydrogen-bond acceptors (Lipinski definition) is 3. The molecule has 0 radical (unpaired) electrons. The molecule has 0 aliphatic heterocycles. The normalized spacial score (nSPS) is 14.5. The second-order valence-electron chi connectivity index (χ2n) is 2.97. The van der Waals surface area contributed by atoms with Gasteiger partial charge in [-0.05, 0) is 36.4 Å². The number of benzene rings is 1. The van der Waals surface area contributed by atoms with Crippen molar-refractivity contribution < 1.29 is 9.42 Å². The zero-order chi connectivity index (χ0) is 12.2. The van der Waals surface area contributed by atoms with Crippen molar-refractivity contribution in [2.45, 2.75) is 13.3 Å². The Labute approximate surface area is 114 Å². The molecule has 1 aromatic rings. The van der Waals surface area contributed by atoms with Crippen LogP contribution in [-0.4, -0.2) is 10.6 Å². The van der Waals surface area contributed by atoms with Gasteiger partial charge in [0.15, 0.2) is 0 Å². The van der Waals surface area contributed by atoms with Crippen LogP contribution in [0, 0.1) is 0 Å². The van der Waals surface area contributed by atoms with Crippen molar-refractivity contribution in [1.82, 2.24) is 0 Å². The minimum Gasteiger partial charge on any atom is -0.435 e. The number of hydrogen-bond donors (Lipinski definition) is 1. The van der Waals surface area contributed by atoms with Gasteiger partial charge in [-0.2, -0.15) is 0 Å². The first-order valence-corrected chi connectivity index (χ1v) is 9.58. The highest BCUT2D eigenvalue weighted by Gasteiger charge is 2.17. The van der Waals surface area contributed by atoms with Crippen LogP contribution >= 0.6 is 40.3 Å². The Bertz CT molecular complexity index is 414. The van der Waals surface area contributed by atoms with Gasteiger partial charge < -0.3 is 9.42 Å². The summed E-state index contributed by atoms with van der Waals surface area (Å²) in [5.74, 6) is 1.14. The Morgan fingerprint density at radius 1 is 1.50 bits per heavy atom. The molecule has 7 heteroatoms.